The molecule has 1 aliphatic carbocycles. The van der Waals surface area contributed by atoms with Crippen molar-refractivity contribution in [1.82, 2.24) is 0 Å². The highest BCUT2D eigenvalue weighted by Gasteiger charge is 2.42. The molecule has 238 valence electrons. The minimum absolute atomic E-state index is 0.116. The SMILES string of the molecule is Cc1cc(C)cc(P(c2cc(C)cc(C)c2)[C@H](C)C2CCC[C@@H]2P(c2ccccc2OC(C)C)c2ccccc2OC(C)C)c1. The largest absolute Gasteiger partial charge is 0.490 e. The van der Waals surface area contributed by atoms with Gasteiger partial charge in [-0.1, -0.05) is 108 Å². The number of ether oxygens (including phenoxy) is 2. The van der Waals surface area contributed by atoms with Crippen LogP contribution < -0.4 is 30.7 Å². The molecule has 5 rings (SSSR count). The van der Waals surface area contributed by atoms with E-state index in [9.17, 15) is 0 Å². The van der Waals surface area contributed by atoms with Crippen LogP contribution in [0.3, 0.4) is 0 Å². The van der Waals surface area contributed by atoms with Gasteiger partial charge in [-0.05, 0) is 124 Å². The summed E-state index contributed by atoms with van der Waals surface area (Å²) in [4.78, 5) is 0. The van der Waals surface area contributed by atoms with Crippen LogP contribution in [0.2, 0.25) is 0 Å². The number of hydrogen-bond donors (Lipinski definition) is 0. The Morgan fingerprint density at radius 2 is 1.00 bits per heavy atom. The highest BCUT2D eigenvalue weighted by molar-refractivity contribution is 7.75. The third kappa shape index (κ3) is 8.02. The predicted octanol–water partition coefficient (Wildman–Crippen LogP) is 9.62. The van der Waals surface area contributed by atoms with Crippen LogP contribution in [0.4, 0.5) is 0 Å². The second-order valence-electron chi connectivity index (χ2n) is 13.6. The molecule has 45 heavy (non-hydrogen) atoms. The molecule has 4 aromatic rings. The maximum atomic E-state index is 6.54. The number of para-hydroxylation sites is 2. The highest BCUT2D eigenvalue weighted by atomic mass is 31.1. The number of aryl methyl sites for hydroxylation is 4. The minimum Gasteiger partial charge on any atom is -0.490 e. The third-order valence-electron chi connectivity index (χ3n) is 8.83. The molecule has 1 aliphatic rings. The smallest absolute Gasteiger partial charge is 0.127 e. The fourth-order valence-electron chi connectivity index (χ4n) is 7.35. The van der Waals surface area contributed by atoms with Crippen molar-refractivity contribution in [1.29, 1.82) is 0 Å². The highest BCUT2D eigenvalue weighted by Crippen LogP contribution is 2.58. The molecule has 0 radical (unpaired) electrons. The zero-order valence-electron chi connectivity index (χ0n) is 28.8. The first-order valence-corrected chi connectivity index (χ1v) is 19.6. The monoisotopic (exact) mass is 638 g/mol. The van der Waals surface area contributed by atoms with E-state index >= 15 is 0 Å². The maximum Gasteiger partial charge on any atom is 0.127 e. The fourth-order valence-corrected chi connectivity index (χ4v) is 14.3. The van der Waals surface area contributed by atoms with E-state index in [1.165, 1.54) is 62.7 Å². The molecular weight excluding hydrogens is 586 g/mol. The molecule has 0 bridgehead atoms. The maximum absolute atomic E-state index is 6.54. The molecule has 0 saturated heterocycles. The quantitative estimate of drug-likeness (QED) is 0.152. The van der Waals surface area contributed by atoms with E-state index in [0.717, 1.165) is 11.5 Å². The molecule has 1 unspecified atom stereocenters. The third-order valence-corrected chi connectivity index (χ3v) is 14.7. The summed E-state index contributed by atoms with van der Waals surface area (Å²) in [5.41, 5.74) is 6.50. The van der Waals surface area contributed by atoms with E-state index in [4.69, 9.17) is 9.47 Å². The normalized spacial score (nSPS) is 17.4. The van der Waals surface area contributed by atoms with Crippen molar-refractivity contribution in [2.24, 2.45) is 5.92 Å². The molecule has 0 heterocycles. The topological polar surface area (TPSA) is 18.5 Å². The van der Waals surface area contributed by atoms with Crippen LogP contribution in [-0.2, 0) is 0 Å². The van der Waals surface area contributed by atoms with Crippen LogP contribution in [0.1, 0.15) is 76.1 Å². The van der Waals surface area contributed by atoms with E-state index in [1.807, 2.05) is 0 Å². The second-order valence-corrected chi connectivity index (χ2v) is 18.6. The molecule has 3 atom stereocenters. The fraction of sp³-hybridized carbons (Fsp3) is 0.415. The van der Waals surface area contributed by atoms with Gasteiger partial charge in [0.05, 0.1) is 12.2 Å². The van der Waals surface area contributed by atoms with Crippen molar-refractivity contribution in [2.75, 3.05) is 0 Å². The summed E-state index contributed by atoms with van der Waals surface area (Å²) < 4.78 is 13.1. The number of hydrogen-bond acceptors (Lipinski definition) is 2. The molecule has 0 spiro atoms. The molecule has 0 aromatic heterocycles. The predicted molar refractivity (Wildman–Crippen MR) is 199 cm³/mol. The average Bonchev–Trinajstić information content (AvgIpc) is 3.43. The molecule has 1 fully saturated rings. The zero-order valence-corrected chi connectivity index (χ0v) is 30.6. The van der Waals surface area contributed by atoms with Gasteiger partial charge in [0, 0.05) is 10.6 Å². The van der Waals surface area contributed by atoms with Gasteiger partial charge in [-0.3, -0.25) is 0 Å². The number of benzene rings is 4. The molecule has 0 aliphatic heterocycles. The summed E-state index contributed by atoms with van der Waals surface area (Å²) in [6, 6.07) is 32.2. The van der Waals surface area contributed by atoms with Gasteiger partial charge in [0.2, 0.25) is 0 Å². The van der Waals surface area contributed by atoms with E-state index in [2.05, 4.69) is 147 Å². The zero-order chi connectivity index (χ0) is 32.2. The molecule has 4 heteroatoms. The van der Waals surface area contributed by atoms with Gasteiger partial charge in [-0.2, -0.15) is 0 Å². The first kappa shape index (κ1) is 33.7. The van der Waals surface area contributed by atoms with Gasteiger partial charge in [0.15, 0.2) is 0 Å². The van der Waals surface area contributed by atoms with Gasteiger partial charge < -0.3 is 9.47 Å². The van der Waals surface area contributed by atoms with Crippen molar-refractivity contribution >= 4 is 37.1 Å². The lowest BCUT2D eigenvalue weighted by molar-refractivity contribution is 0.244. The van der Waals surface area contributed by atoms with Gasteiger partial charge in [0.25, 0.3) is 0 Å². The standard InChI is InChI=1S/C41H52O2P2/c1-27(2)42-37-16-10-12-18-40(37)45(41-19-13-11-17-38(41)43-28(3)4)39-20-14-15-36(39)33(9)44(34-23-29(5)21-30(6)24-34)35-25-31(7)22-32(8)26-35/h10-13,16-19,21-28,33,36,39H,14-15,20H2,1-9H3/t33-,36?,39+/m1/s1. The van der Waals surface area contributed by atoms with E-state index in [0.29, 0.717) is 17.2 Å². The van der Waals surface area contributed by atoms with Crippen LogP contribution in [-0.4, -0.2) is 23.5 Å². The van der Waals surface area contributed by atoms with Crippen molar-refractivity contribution in [3.05, 3.63) is 107 Å². The molecular formula is C41H52O2P2. The van der Waals surface area contributed by atoms with Gasteiger partial charge in [-0.15, -0.1) is 0 Å². The Kier molecular flexibility index (Phi) is 11.1. The lowest BCUT2D eigenvalue weighted by Gasteiger charge is -2.38. The summed E-state index contributed by atoms with van der Waals surface area (Å²) in [6.07, 6.45) is 3.99. The van der Waals surface area contributed by atoms with Crippen LogP contribution >= 0.6 is 15.8 Å². The number of rotatable bonds is 11. The lowest BCUT2D eigenvalue weighted by atomic mass is 10.0. The Bertz CT molecular complexity index is 1450. The van der Waals surface area contributed by atoms with Gasteiger partial charge in [-0.25, -0.2) is 0 Å². The first-order valence-electron chi connectivity index (χ1n) is 16.8. The Hall–Kier alpha value is -2.66. The molecule has 4 aromatic carbocycles. The van der Waals surface area contributed by atoms with Gasteiger partial charge >= 0.3 is 0 Å². The van der Waals surface area contributed by atoms with Gasteiger partial charge in [0.1, 0.15) is 11.5 Å². The van der Waals surface area contributed by atoms with Crippen molar-refractivity contribution in [2.45, 2.75) is 105 Å². The van der Waals surface area contributed by atoms with Crippen LogP contribution in [0.5, 0.6) is 11.5 Å². The lowest BCUT2D eigenvalue weighted by Crippen LogP contribution is -2.34. The first-order chi connectivity index (χ1) is 21.5. The molecule has 1 saturated carbocycles. The van der Waals surface area contributed by atoms with E-state index < -0.39 is 15.8 Å². The summed E-state index contributed by atoms with van der Waals surface area (Å²) in [6.45, 7) is 20.1. The molecule has 0 amide bonds. The minimum atomic E-state index is -0.754. The van der Waals surface area contributed by atoms with Crippen molar-refractivity contribution in [3.63, 3.8) is 0 Å². The van der Waals surface area contributed by atoms with Crippen LogP contribution in [0.15, 0.2) is 84.9 Å². The average molecular weight is 639 g/mol. The summed E-state index contributed by atoms with van der Waals surface area (Å²) >= 11 is 0. The van der Waals surface area contributed by atoms with Crippen LogP contribution in [0.25, 0.3) is 0 Å². The summed E-state index contributed by atoms with van der Waals surface area (Å²) in [5, 5.41) is 5.74. The Balaban J connectivity index is 1.67. The summed E-state index contributed by atoms with van der Waals surface area (Å²) in [5.74, 6) is 2.65. The van der Waals surface area contributed by atoms with Crippen LogP contribution in [0, 0.1) is 33.6 Å². The van der Waals surface area contributed by atoms with Crippen molar-refractivity contribution < 1.29 is 9.47 Å². The Morgan fingerprint density at radius 1 is 0.578 bits per heavy atom. The Morgan fingerprint density at radius 3 is 1.42 bits per heavy atom. The molecule has 2 nitrogen and oxygen atoms in total. The Labute approximate surface area is 275 Å². The second kappa shape index (κ2) is 14.8. The van der Waals surface area contributed by atoms with E-state index in [-0.39, 0.29) is 12.2 Å². The van der Waals surface area contributed by atoms with E-state index in [1.54, 1.807) is 0 Å². The van der Waals surface area contributed by atoms with Crippen molar-refractivity contribution in [3.8, 4) is 11.5 Å². The summed E-state index contributed by atoms with van der Waals surface area (Å²) in [7, 11) is -1.33. The molecule has 0 N–H and O–H groups in total.